The summed E-state index contributed by atoms with van der Waals surface area (Å²) in [5, 5.41) is 10.3. The number of benzene rings is 1. The molecule has 112 valence electrons. The van der Waals surface area contributed by atoms with E-state index in [4.69, 9.17) is 0 Å². The van der Waals surface area contributed by atoms with Gasteiger partial charge >= 0.3 is 5.69 Å². The molecule has 1 heterocycles. The van der Waals surface area contributed by atoms with Crippen molar-refractivity contribution in [2.45, 2.75) is 13.5 Å². The number of nitrogens with one attached hydrogen (secondary N) is 1. The summed E-state index contributed by atoms with van der Waals surface area (Å²) in [6, 6.07) is 7.08. The molecule has 0 amide bonds. The number of aryl methyl sites for hydroxylation is 1. The van der Waals surface area contributed by atoms with Crippen LogP contribution in [-0.2, 0) is 17.3 Å². The van der Waals surface area contributed by atoms with Gasteiger partial charge in [-0.3, -0.25) is 18.6 Å². The van der Waals surface area contributed by atoms with Crippen LogP contribution >= 0.6 is 0 Å². The van der Waals surface area contributed by atoms with Gasteiger partial charge < -0.3 is 5.11 Å². The molecule has 0 spiro atoms. The van der Waals surface area contributed by atoms with E-state index in [1.807, 2.05) is 19.1 Å². The Bertz CT molecular complexity index is 807. The number of aromatic amines is 1. The molecule has 0 bridgehead atoms. The molecule has 0 fully saturated rings. The van der Waals surface area contributed by atoms with E-state index in [1.54, 1.807) is 12.1 Å². The SMILES string of the molecule is Cc1ccccc1-c1c(O)n(CCS(C)=O)c(=O)[nH]c1=O. The third kappa shape index (κ3) is 3.13. The van der Waals surface area contributed by atoms with Crippen LogP contribution < -0.4 is 11.2 Å². The van der Waals surface area contributed by atoms with Gasteiger partial charge in [0.15, 0.2) is 0 Å². The van der Waals surface area contributed by atoms with Crippen molar-refractivity contribution in [2.24, 2.45) is 0 Å². The third-order valence-corrected chi connectivity index (χ3v) is 3.95. The smallest absolute Gasteiger partial charge is 0.331 e. The summed E-state index contributed by atoms with van der Waals surface area (Å²) in [6.45, 7) is 1.88. The molecule has 0 saturated heterocycles. The molecule has 2 aromatic rings. The van der Waals surface area contributed by atoms with E-state index < -0.39 is 27.9 Å². The number of H-pyrrole nitrogens is 1. The second-order valence-corrected chi connectivity index (χ2v) is 6.26. The Morgan fingerprint density at radius 1 is 1.29 bits per heavy atom. The number of hydrogen-bond acceptors (Lipinski definition) is 4. The van der Waals surface area contributed by atoms with Crippen molar-refractivity contribution in [1.29, 1.82) is 0 Å². The predicted molar refractivity (Wildman–Crippen MR) is 82.1 cm³/mol. The maximum atomic E-state index is 12.0. The molecule has 21 heavy (non-hydrogen) atoms. The average molecular weight is 308 g/mol. The Hall–Kier alpha value is -2.15. The Balaban J connectivity index is 2.65. The van der Waals surface area contributed by atoms with Crippen LogP contribution in [0.5, 0.6) is 5.88 Å². The van der Waals surface area contributed by atoms with Crippen molar-refractivity contribution >= 4 is 10.8 Å². The van der Waals surface area contributed by atoms with Crippen LogP contribution in [-0.4, -0.2) is 30.9 Å². The first-order chi connectivity index (χ1) is 9.91. The van der Waals surface area contributed by atoms with E-state index in [1.165, 1.54) is 6.26 Å². The van der Waals surface area contributed by atoms with Gasteiger partial charge in [-0.1, -0.05) is 24.3 Å². The monoisotopic (exact) mass is 308 g/mol. The topological polar surface area (TPSA) is 92.2 Å². The number of aromatic nitrogens is 2. The molecule has 0 aliphatic heterocycles. The van der Waals surface area contributed by atoms with Crippen LogP contribution in [0, 0.1) is 6.92 Å². The van der Waals surface area contributed by atoms with Gasteiger partial charge in [-0.15, -0.1) is 0 Å². The van der Waals surface area contributed by atoms with Crippen molar-refractivity contribution in [1.82, 2.24) is 9.55 Å². The summed E-state index contributed by atoms with van der Waals surface area (Å²) in [5.74, 6) is -0.185. The molecule has 0 aliphatic carbocycles. The Morgan fingerprint density at radius 3 is 2.57 bits per heavy atom. The first kappa shape index (κ1) is 15.2. The third-order valence-electron chi connectivity index (χ3n) is 3.19. The molecule has 1 atom stereocenters. The molecule has 1 unspecified atom stereocenters. The van der Waals surface area contributed by atoms with Crippen LogP contribution in [0.25, 0.3) is 11.1 Å². The fraction of sp³-hybridized carbons (Fsp3) is 0.286. The summed E-state index contributed by atoms with van der Waals surface area (Å²) in [6.07, 6.45) is 1.51. The van der Waals surface area contributed by atoms with E-state index in [2.05, 4.69) is 4.98 Å². The van der Waals surface area contributed by atoms with Gasteiger partial charge in [0.2, 0.25) is 5.88 Å². The van der Waals surface area contributed by atoms with Gasteiger partial charge in [0.1, 0.15) is 5.56 Å². The van der Waals surface area contributed by atoms with Gasteiger partial charge in [0.05, 0.1) is 0 Å². The number of rotatable bonds is 4. The molecule has 0 aliphatic rings. The summed E-state index contributed by atoms with van der Waals surface area (Å²) in [7, 11) is -1.11. The Labute approximate surface area is 123 Å². The second-order valence-electron chi connectivity index (χ2n) is 4.70. The van der Waals surface area contributed by atoms with Crippen molar-refractivity contribution in [3.8, 4) is 17.0 Å². The molecule has 0 radical (unpaired) electrons. The highest BCUT2D eigenvalue weighted by Crippen LogP contribution is 2.26. The summed E-state index contributed by atoms with van der Waals surface area (Å²) in [4.78, 5) is 26.0. The highest BCUT2D eigenvalue weighted by atomic mass is 32.2. The Kier molecular flexibility index (Phi) is 4.42. The highest BCUT2D eigenvalue weighted by molar-refractivity contribution is 7.84. The largest absolute Gasteiger partial charge is 0.494 e. The standard InChI is InChI=1S/C14H16N2O4S/c1-9-5-3-4-6-10(9)11-12(17)15-14(19)16(13(11)18)7-8-21(2)20/h3-6,18H,7-8H2,1-2H3,(H,15,17,19). The minimum atomic E-state index is -1.11. The molecule has 6 nitrogen and oxygen atoms in total. The van der Waals surface area contributed by atoms with Crippen LogP contribution in [0.15, 0.2) is 33.9 Å². The zero-order valence-corrected chi connectivity index (χ0v) is 12.6. The van der Waals surface area contributed by atoms with Gasteiger partial charge in [-0.25, -0.2) is 4.79 Å². The fourth-order valence-corrected chi connectivity index (χ4v) is 2.52. The number of hydrogen-bond donors (Lipinski definition) is 2. The van der Waals surface area contributed by atoms with Crippen molar-refractivity contribution in [2.75, 3.05) is 12.0 Å². The summed E-state index contributed by atoms with van der Waals surface area (Å²) < 4.78 is 12.2. The maximum Gasteiger partial charge on any atom is 0.331 e. The minimum absolute atomic E-state index is 0.0505. The van der Waals surface area contributed by atoms with E-state index in [0.717, 1.165) is 10.1 Å². The van der Waals surface area contributed by atoms with E-state index in [9.17, 15) is 18.9 Å². The molecular weight excluding hydrogens is 292 g/mol. The lowest BCUT2D eigenvalue weighted by Gasteiger charge is -2.12. The number of nitrogens with zero attached hydrogens (tertiary/aromatic N) is 1. The highest BCUT2D eigenvalue weighted by Gasteiger charge is 2.17. The molecule has 7 heteroatoms. The van der Waals surface area contributed by atoms with Crippen LogP contribution in [0.4, 0.5) is 0 Å². The predicted octanol–water partition coefficient (Wildman–Crippen LogP) is 0.596. The first-order valence-corrected chi connectivity index (χ1v) is 8.06. The van der Waals surface area contributed by atoms with Gasteiger partial charge in [0.25, 0.3) is 5.56 Å². The molecule has 2 N–H and O–H groups in total. The first-order valence-electron chi connectivity index (χ1n) is 6.34. The molecule has 2 rings (SSSR count). The van der Waals surface area contributed by atoms with E-state index >= 15 is 0 Å². The number of aromatic hydroxyl groups is 1. The van der Waals surface area contributed by atoms with E-state index in [-0.39, 0.29) is 17.9 Å². The zero-order valence-electron chi connectivity index (χ0n) is 11.8. The fourth-order valence-electron chi connectivity index (χ4n) is 2.08. The van der Waals surface area contributed by atoms with Crippen LogP contribution in [0.2, 0.25) is 0 Å². The molecule has 1 aromatic carbocycles. The average Bonchev–Trinajstić information content (AvgIpc) is 2.40. The zero-order chi connectivity index (χ0) is 15.6. The van der Waals surface area contributed by atoms with E-state index in [0.29, 0.717) is 5.56 Å². The Morgan fingerprint density at radius 2 is 1.95 bits per heavy atom. The van der Waals surface area contributed by atoms with Crippen LogP contribution in [0.3, 0.4) is 0 Å². The van der Waals surface area contributed by atoms with Gasteiger partial charge in [-0.05, 0) is 18.1 Å². The van der Waals surface area contributed by atoms with Crippen molar-refractivity contribution < 1.29 is 9.32 Å². The lowest BCUT2D eigenvalue weighted by atomic mass is 10.0. The normalized spacial score (nSPS) is 12.3. The maximum absolute atomic E-state index is 12.0. The van der Waals surface area contributed by atoms with Gasteiger partial charge in [0, 0.05) is 29.4 Å². The minimum Gasteiger partial charge on any atom is -0.494 e. The summed E-state index contributed by atoms with van der Waals surface area (Å²) >= 11 is 0. The summed E-state index contributed by atoms with van der Waals surface area (Å²) in [5.41, 5.74) is 0.0701. The molecule has 1 aromatic heterocycles. The van der Waals surface area contributed by atoms with Crippen molar-refractivity contribution in [3.05, 3.63) is 50.7 Å². The van der Waals surface area contributed by atoms with Crippen LogP contribution in [0.1, 0.15) is 5.56 Å². The molecular formula is C14H16N2O4S. The lowest BCUT2D eigenvalue weighted by molar-refractivity contribution is 0.409. The molecule has 0 saturated carbocycles. The van der Waals surface area contributed by atoms with Crippen molar-refractivity contribution in [3.63, 3.8) is 0 Å². The lowest BCUT2D eigenvalue weighted by Crippen LogP contribution is -2.32. The quantitative estimate of drug-likeness (QED) is 0.865. The van der Waals surface area contributed by atoms with Gasteiger partial charge in [-0.2, -0.15) is 0 Å². The second kappa shape index (κ2) is 6.09.